The van der Waals surface area contributed by atoms with E-state index < -0.39 is 0 Å². The van der Waals surface area contributed by atoms with Crippen LogP contribution < -0.4 is 16.4 Å². The van der Waals surface area contributed by atoms with Crippen LogP contribution in [0.4, 0.5) is 5.69 Å². The molecule has 0 fully saturated rings. The Labute approximate surface area is 181 Å². The molecule has 31 heavy (non-hydrogen) atoms. The van der Waals surface area contributed by atoms with Crippen molar-refractivity contribution in [3.05, 3.63) is 83.9 Å². The van der Waals surface area contributed by atoms with Gasteiger partial charge in [-0.05, 0) is 42.7 Å². The minimum atomic E-state index is 0.114. The van der Waals surface area contributed by atoms with Crippen molar-refractivity contribution in [3.8, 4) is 11.1 Å². The van der Waals surface area contributed by atoms with E-state index in [1.165, 1.54) is 5.56 Å². The van der Waals surface area contributed by atoms with Gasteiger partial charge in [-0.1, -0.05) is 30.3 Å². The van der Waals surface area contributed by atoms with Crippen LogP contribution in [0.2, 0.25) is 0 Å². The fraction of sp³-hybridized carbons (Fsp3) is 0.200. The van der Waals surface area contributed by atoms with E-state index >= 15 is 0 Å². The van der Waals surface area contributed by atoms with Gasteiger partial charge in [-0.3, -0.25) is 9.67 Å². The van der Waals surface area contributed by atoms with Crippen LogP contribution in [-0.4, -0.2) is 21.3 Å². The molecule has 0 radical (unpaired) electrons. The number of nitrogens with one attached hydrogen (secondary N) is 2. The molecular formula is C25H26N6. The summed E-state index contributed by atoms with van der Waals surface area (Å²) < 4.78 is 1.83. The third-order valence-electron chi connectivity index (χ3n) is 5.83. The van der Waals surface area contributed by atoms with E-state index in [0.29, 0.717) is 0 Å². The van der Waals surface area contributed by atoms with Gasteiger partial charge in [0, 0.05) is 48.2 Å². The maximum atomic E-state index is 6.25. The largest absolute Gasteiger partial charge is 0.401 e. The van der Waals surface area contributed by atoms with Gasteiger partial charge < -0.3 is 16.4 Å². The van der Waals surface area contributed by atoms with Gasteiger partial charge in [-0.25, -0.2) is 0 Å². The first-order valence-electron chi connectivity index (χ1n) is 10.5. The highest BCUT2D eigenvalue weighted by atomic mass is 15.2. The summed E-state index contributed by atoms with van der Waals surface area (Å²) in [6, 6.07) is 17.0. The Kier molecular flexibility index (Phi) is 4.82. The minimum Gasteiger partial charge on any atom is -0.401 e. The average molecular weight is 411 g/mol. The molecule has 3 heterocycles. The second-order valence-electron chi connectivity index (χ2n) is 8.06. The zero-order valence-corrected chi connectivity index (χ0v) is 17.8. The van der Waals surface area contributed by atoms with Crippen molar-refractivity contribution in [1.82, 2.24) is 20.1 Å². The fourth-order valence-electron chi connectivity index (χ4n) is 4.33. The molecule has 2 aromatic heterocycles. The van der Waals surface area contributed by atoms with Crippen molar-refractivity contribution in [2.24, 2.45) is 12.8 Å². The number of hydrogen-bond acceptors (Lipinski definition) is 5. The van der Waals surface area contributed by atoms with E-state index in [4.69, 9.17) is 5.73 Å². The van der Waals surface area contributed by atoms with Gasteiger partial charge in [0.15, 0.2) is 0 Å². The second-order valence-corrected chi connectivity index (χ2v) is 8.06. The summed E-state index contributed by atoms with van der Waals surface area (Å²) in [4.78, 5) is 4.62. The zero-order valence-electron chi connectivity index (χ0n) is 17.8. The van der Waals surface area contributed by atoms with Crippen molar-refractivity contribution in [3.63, 3.8) is 0 Å². The summed E-state index contributed by atoms with van der Waals surface area (Å²) >= 11 is 0. The molecule has 0 saturated heterocycles. The van der Waals surface area contributed by atoms with Crippen molar-refractivity contribution in [2.75, 3.05) is 11.9 Å². The topological polar surface area (TPSA) is 80.8 Å². The third kappa shape index (κ3) is 3.61. The Morgan fingerprint density at radius 2 is 2.03 bits per heavy atom. The lowest BCUT2D eigenvalue weighted by Gasteiger charge is -2.22. The molecule has 0 amide bonds. The van der Waals surface area contributed by atoms with Crippen LogP contribution in [-0.2, 0) is 7.05 Å². The van der Waals surface area contributed by atoms with Crippen LogP contribution in [0.1, 0.15) is 30.5 Å². The van der Waals surface area contributed by atoms with Crippen molar-refractivity contribution in [2.45, 2.75) is 19.4 Å². The maximum absolute atomic E-state index is 6.25. The van der Waals surface area contributed by atoms with Gasteiger partial charge in [0.25, 0.3) is 0 Å². The highest BCUT2D eigenvalue weighted by Crippen LogP contribution is 2.36. The highest BCUT2D eigenvalue weighted by molar-refractivity contribution is 5.90. The number of aromatic nitrogens is 3. The number of pyridine rings is 1. The number of nitrogens with zero attached hydrogens (tertiary/aromatic N) is 3. The van der Waals surface area contributed by atoms with Gasteiger partial charge >= 0.3 is 0 Å². The summed E-state index contributed by atoms with van der Waals surface area (Å²) in [5, 5.41) is 12.8. The molecule has 6 heteroatoms. The molecule has 2 aromatic carbocycles. The Hall–Kier alpha value is -3.80. The van der Waals surface area contributed by atoms with E-state index in [1.807, 2.05) is 43.3 Å². The van der Waals surface area contributed by atoms with E-state index in [2.05, 4.69) is 63.2 Å². The molecule has 1 unspecified atom stereocenters. The monoisotopic (exact) mass is 410 g/mol. The summed E-state index contributed by atoms with van der Waals surface area (Å²) in [6.07, 6.45) is 6.70. The van der Waals surface area contributed by atoms with E-state index in [9.17, 15) is 0 Å². The van der Waals surface area contributed by atoms with Gasteiger partial charge in [0.05, 0.1) is 29.1 Å². The molecule has 0 bridgehead atoms. The number of allylic oxidation sites excluding steroid dienone is 1. The molecule has 4 aromatic rings. The van der Waals surface area contributed by atoms with Gasteiger partial charge in [0.2, 0.25) is 0 Å². The Bertz CT molecular complexity index is 1280. The standard InChI is InChI=1S/C25H26N6/c1-16(26)24-20-9-8-18(19-14-29-31(2)15-19)13-21(20)22(10-12-28-24)30-23-7-3-5-17-6-4-11-27-25(17)23/h3-9,11,13-15,22,28,30H,10,12,26H2,1-2H3/b24-16-. The van der Waals surface area contributed by atoms with Gasteiger partial charge in [0.1, 0.15) is 0 Å². The first kappa shape index (κ1) is 19.2. The van der Waals surface area contributed by atoms with E-state index in [0.717, 1.165) is 57.6 Å². The number of hydrogen-bond donors (Lipinski definition) is 3. The van der Waals surface area contributed by atoms with Gasteiger partial charge in [-0.2, -0.15) is 5.10 Å². The quantitative estimate of drug-likeness (QED) is 0.466. The SMILES string of the molecule is C/C(N)=C1/NCCC(Nc2cccc3cccnc23)c2cc(-c3cnn(C)c3)ccc21. The molecule has 1 aliphatic rings. The van der Waals surface area contributed by atoms with Crippen LogP contribution in [0.15, 0.2) is 72.8 Å². The molecule has 0 spiro atoms. The zero-order chi connectivity index (χ0) is 21.4. The van der Waals surface area contributed by atoms with Crippen LogP contribution in [0, 0.1) is 0 Å². The molecule has 0 saturated carbocycles. The van der Waals surface area contributed by atoms with Gasteiger partial charge in [-0.15, -0.1) is 0 Å². The van der Waals surface area contributed by atoms with Crippen LogP contribution in [0.3, 0.4) is 0 Å². The van der Waals surface area contributed by atoms with Crippen LogP contribution in [0.25, 0.3) is 27.7 Å². The highest BCUT2D eigenvalue weighted by Gasteiger charge is 2.23. The number of rotatable bonds is 3. The maximum Gasteiger partial charge on any atom is 0.0933 e. The summed E-state index contributed by atoms with van der Waals surface area (Å²) in [5.74, 6) is 0. The number of aryl methyl sites for hydroxylation is 1. The predicted molar refractivity (Wildman–Crippen MR) is 126 cm³/mol. The molecule has 1 aliphatic heterocycles. The van der Waals surface area contributed by atoms with Crippen molar-refractivity contribution in [1.29, 1.82) is 0 Å². The third-order valence-corrected chi connectivity index (χ3v) is 5.83. The smallest absolute Gasteiger partial charge is 0.0933 e. The van der Waals surface area contributed by atoms with E-state index in [1.54, 1.807) is 0 Å². The number of benzene rings is 2. The molecule has 1 atom stereocenters. The Morgan fingerprint density at radius 1 is 1.16 bits per heavy atom. The van der Waals surface area contributed by atoms with Crippen molar-refractivity contribution >= 4 is 22.3 Å². The fourth-order valence-corrected chi connectivity index (χ4v) is 4.33. The first-order chi connectivity index (χ1) is 15.1. The summed E-state index contributed by atoms with van der Waals surface area (Å²) in [6.45, 7) is 2.78. The second kappa shape index (κ2) is 7.80. The lowest BCUT2D eigenvalue weighted by atomic mass is 9.93. The van der Waals surface area contributed by atoms with Crippen LogP contribution >= 0.6 is 0 Å². The number of anilines is 1. The average Bonchev–Trinajstić information content (AvgIpc) is 3.13. The summed E-state index contributed by atoms with van der Waals surface area (Å²) in [5.41, 5.74) is 14.7. The molecule has 6 nitrogen and oxygen atoms in total. The first-order valence-corrected chi connectivity index (χ1v) is 10.5. The Balaban J connectivity index is 1.63. The molecule has 5 rings (SSSR count). The minimum absolute atomic E-state index is 0.114. The predicted octanol–water partition coefficient (Wildman–Crippen LogP) is 4.43. The van der Waals surface area contributed by atoms with E-state index in [-0.39, 0.29) is 6.04 Å². The Morgan fingerprint density at radius 3 is 2.84 bits per heavy atom. The summed E-state index contributed by atoms with van der Waals surface area (Å²) in [7, 11) is 1.94. The molecule has 156 valence electrons. The number of nitrogens with two attached hydrogens (primary N) is 1. The lowest BCUT2D eigenvalue weighted by Crippen LogP contribution is -2.17. The lowest BCUT2D eigenvalue weighted by molar-refractivity contribution is 0.683. The molecule has 0 aliphatic carbocycles. The van der Waals surface area contributed by atoms with Crippen molar-refractivity contribution < 1.29 is 0 Å². The number of para-hydroxylation sites is 1. The normalized spacial score (nSPS) is 17.5. The molecule has 4 N–H and O–H groups in total. The van der Waals surface area contributed by atoms with Crippen LogP contribution in [0.5, 0.6) is 0 Å². The number of fused-ring (bicyclic) bond motifs is 2. The molecular weight excluding hydrogens is 384 g/mol.